The molecular formula is C21H16N4O3S. The average molecular weight is 404 g/mol. The van der Waals surface area contributed by atoms with Gasteiger partial charge in [0, 0.05) is 35.5 Å². The topological polar surface area (TPSA) is 93.0 Å². The van der Waals surface area contributed by atoms with E-state index in [-0.39, 0.29) is 5.91 Å². The molecule has 0 spiro atoms. The number of nitrogens with zero attached hydrogens (tertiary/aromatic N) is 2. The Morgan fingerprint density at radius 2 is 2.10 bits per heavy atom. The lowest BCUT2D eigenvalue weighted by molar-refractivity contribution is 0.102. The quantitative estimate of drug-likeness (QED) is 0.417. The zero-order chi connectivity index (χ0) is 20.0. The highest BCUT2D eigenvalue weighted by Crippen LogP contribution is 2.35. The molecule has 0 aliphatic carbocycles. The summed E-state index contributed by atoms with van der Waals surface area (Å²) in [5.41, 5.74) is 2.83. The standard InChI is InChI=1S/C21H16N4O3S/c1-11-9-18(25-24-11)23-21(26)19-12(2)27-17-10-13(3-4-14(17)19)28-16-5-7-22-15-6-8-29-20(15)16/h3-10H,1-2H3,(H2,23,24,25,26). The van der Waals surface area contributed by atoms with Crippen LogP contribution in [0.1, 0.15) is 21.8 Å². The molecule has 0 fully saturated rings. The monoisotopic (exact) mass is 404 g/mol. The van der Waals surface area contributed by atoms with Crippen molar-refractivity contribution in [2.24, 2.45) is 0 Å². The molecule has 5 aromatic rings. The molecule has 144 valence electrons. The first-order valence-corrected chi connectivity index (χ1v) is 9.83. The molecule has 0 atom stereocenters. The first-order chi connectivity index (χ1) is 14.1. The van der Waals surface area contributed by atoms with Gasteiger partial charge in [-0.15, -0.1) is 11.3 Å². The van der Waals surface area contributed by atoms with Gasteiger partial charge < -0.3 is 14.5 Å². The predicted octanol–water partition coefficient (Wildman–Crippen LogP) is 5.43. The van der Waals surface area contributed by atoms with Gasteiger partial charge in [0.1, 0.15) is 22.8 Å². The smallest absolute Gasteiger partial charge is 0.261 e. The molecule has 29 heavy (non-hydrogen) atoms. The van der Waals surface area contributed by atoms with Crippen LogP contribution in [-0.4, -0.2) is 21.1 Å². The van der Waals surface area contributed by atoms with Crippen molar-refractivity contribution < 1.29 is 13.9 Å². The molecule has 0 unspecified atom stereocenters. The molecule has 5 rings (SSSR count). The number of ether oxygens (including phenoxy) is 1. The van der Waals surface area contributed by atoms with E-state index in [1.807, 2.05) is 36.6 Å². The Bertz CT molecular complexity index is 1370. The van der Waals surface area contributed by atoms with Gasteiger partial charge in [0.15, 0.2) is 5.82 Å². The maximum Gasteiger partial charge on any atom is 0.261 e. The number of rotatable bonds is 4. The molecule has 4 aromatic heterocycles. The number of aryl methyl sites for hydroxylation is 2. The third kappa shape index (κ3) is 3.13. The number of thiophene rings is 1. The van der Waals surface area contributed by atoms with Crippen molar-refractivity contribution in [3.05, 3.63) is 65.0 Å². The Labute approximate surface area is 169 Å². The lowest BCUT2D eigenvalue weighted by Gasteiger charge is -2.06. The first kappa shape index (κ1) is 17.4. The Balaban J connectivity index is 1.47. The van der Waals surface area contributed by atoms with Crippen LogP contribution in [0.5, 0.6) is 11.5 Å². The minimum absolute atomic E-state index is 0.268. The van der Waals surface area contributed by atoms with Gasteiger partial charge in [0.05, 0.1) is 15.8 Å². The minimum atomic E-state index is -0.268. The van der Waals surface area contributed by atoms with E-state index in [4.69, 9.17) is 9.15 Å². The molecule has 0 radical (unpaired) electrons. The fourth-order valence-corrected chi connectivity index (χ4v) is 4.06. The molecule has 0 aliphatic heterocycles. The summed E-state index contributed by atoms with van der Waals surface area (Å²) in [4.78, 5) is 17.1. The number of aromatic amines is 1. The molecule has 0 aliphatic rings. The average Bonchev–Trinajstić information content (AvgIpc) is 3.39. The van der Waals surface area contributed by atoms with Crippen LogP contribution in [0.3, 0.4) is 0 Å². The van der Waals surface area contributed by atoms with Gasteiger partial charge in [-0.3, -0.25) is 14.9 Å². The summed E-state index contributed by atoms with van der Waals surface area (Å²) >= 11 is 1.58. The van der Waals surface area contributed by atoms with Gasteiger partial charge >= 0.3 is 0 Å². The number of aromatic nitrogens is 3. The molecule has 2 N–H and O–H groups in total. The lowest BCUT2D eigenvalue weighted by atomic mass is 10.1. The molecule has 1 aromatic carbocycles. The number of carbonyl (C=O) groups is 1. The number of anilines is 1. The maximum absolute atomic E-state index is 12.8. The van der Waals surface area contributed by atoms with Crippen molar-refractivity contribution in [2.75, 3.05) is 5.32 Å². The Hall–Kier alpha value is -3.65. The van der Waals surface area contributed by atoms with Crippen LogP contribution >= 0.6 is 11.3 Å². The highest BCUT2D eigenvalue weighted by Gasteiger charge is 2.20. The van der Waals surface area contributed by atoms with Crippen molar-refractivity contribution in [3.63, 3.8) is 0 Å². The Morgan fingerprint density at radius 1 is 1.21 bits per heavy atom. The molecule has 7 nitrogen and oxygen atoms in total. The second-order valence-electron chi connectivity index (χ2n) is 6.63. The van der Waals surface area contributed by atoms with Gasteiger partial charge in [-0.2, -0.15) is 5.10 Å². The van der Waals surface area contributed by atoms with Gasteiger partial charge in [0.2, 0.25) is 0 Å². The number of benzene rings is 1. The van der Waals surface area contributed by atoms with E-state index >= 15 is 0 Å². The number of hydrogen-bond acceptors (Lipinski definition) is 6. The molecule has 0 saturated heterocycles. The fraction of sp³-hybridized carbons (Fsp3) is 0.0952. The molecule has 0 saturated carbocycles. The highest BCUT2D eigenvalue weighted by atomic mass is 32.1. The van der Waals surface area contributed by atoms with E-state index < -0.39 is 0 Å². The Morgan fingerprint density at radius 3 is 2.93 bits per heavy atom. The number of pyridine rings is 1. The van der Waals surface area contributed by atoms with Crippen LogP contribution < -0.4 is 10.1 Å². The number of fused-ring (bicyclic) bond motifs is 2. The summed E-state index contributed by atoms with van der Waals surface area (Å²) in [5, 5.41) is 12.3. The molecule has 1 amide bonds. The number of furan rings is 1. The van der Waals surface area contributed by atoms with E-state index in [2.05, 4.69) is 20.5 Å². The van der Waals surface area contributed by atoms with Crippen molar-refractivity contribution in [2.45, 2.75) is 13.8 Å². The van der Waals surface area contributed by atoms with Crippen LogP contribution in [0.4, 0.5) is 5.82 Å². The van der Waals surface area contributed by atoms with Crippen LogP contribution in [0.2, 0.25) is 0 Å². The summed E-state index contributed by atoms with van der Waals surface area (Å²) in [7, 11) is 0. The molecular weight excluding hydrogens is 388 g/mol. The summed E-state index contributed by atoms with van der Waals surface area (Å²) < 4.78 is 12.9. The summed E-state index contributed by atoms with van der Waals surface area (Å²) in [6.07, 6.45) is 1.72. The summed E-state index contributed by atoms with van der Waals surface area (Å²) in [6, 6.07) is 11.0. The van der Waals surface area contributed by atoms with Crippen LogP contribution in [-0.2, 0) is 0 Å². The molecule has 0 bridgehead atoms. The number of carbonyl (C=O) groups excluding carboxylic acids is 1. The number of H-pyrrole nitrogens is 1. The minimum Gasteiger partial charge on any atom is -0.460 e. The molecule has 8 heteroatoms. The zero-order valence-electron chi connectivity index (χ0n) is 15.6. The van der Waals surface area contributed by atoms with Gasteiger partial charge in [-0.1, -0.05) is 0 Å². The predicted molar refractivity (Wildman–Crippen MR) is 112 cm³/mol. The third-order valence-electron chi connectivity index (χ3n) is 4.55. The van der Waals surface area contributed by atoms with E-state index in [0.717, 1.165) is 27.0 Å². The number of hydrogen-bond donors (Lipinski definition) is 2. The van der Waals surface area contributed by atoms with Crippen molar-refractivity contribution in [3.8, 4) is 11.5 Å². The van der Waals surface area contributed by atoms with E-state index in [9.17, 15) is 4.79 Å². The fourth-order valence-electron chi connectivity index (χ4n) is 3.26. The second kappa shape index (κ2) is 6.75. The van der Waals surface area contributed by atoms with Crippen molar-refractivity contribution in [1.82, 2.24) is 15.2 Å². The van der Waals surface area contributed by atoms with Gasteiger partial charge in [-0.25, -0.2) is 0 Å². The maximum atomic E-state index is 12.8. The lowest BCUT2D eigenvalue weighted by Crippen LogP contribution is -2.12. The Kier molecular flexibility index (Phi) is 4.06. The normalized spacial score (nSPS) is 11.2. The van der Waals surface area contributed by atoms with Gasteiger partial charge in [-0.05, 0) is 37.4 Å². The van der Waals surface area contributed by atoms with Crippen LogP contribution in [0.15, 0.2) is 52.4 Å². The number of nitrogens with one attached hydrogen (secondary N) is 2. The molecule has 4 heterocycles. The van der Waals surface area contributed by atoms with Crippen molar-refractivity contribution in [1.29, 1.82) is 0 Å². The number of amides is 1. The highest BCUT2D eigenvalue weighted by molar-refractivity contribution is 7.17. The second-order valence-corrected chi connectivity index (χ2v) is 7.54. The van der Waals surface area contributed by atoms with E-state index in [1.165, 1.54) is 0 Å². The van der Waals surface area contributed by atoms with Crippen LogP contribution in [0.25, 0.3) is 21.2 Å². The van der Waals surface area contributed by atoms with Gasteiger partial charge in [0.25, 0.3) is 5.91 Å². The van der Waals surface area contributed by atoms with E-state index in [0.29, 0.717) is 28.5 Å². The first-order valence-electron chi connectivity index (χ1n) is 8.95. The SMILES string of the molecule is Cc1cc(NC(=O)c2c(C)oc3cc(Oc4ccnc5ccsc45)ccc23)n[nH]1. The summed E-state index contributed by atoms with van der Waals surface area (Å²) in [5.74, 6) is 2.10. The zero-order valence-corrected chi connectivity index (χ0v) is 16.5. The third-order valence-corrected chi connectivity index (χ3v) is 5.47. The van der Waals surface area contributed by atoms with Crippen molar-refractivity contribution >= 4 is 44.2 Å². The van der Waals surface area contributed by atoms with Crippen LogP contribution in [0, 0.1) is 13.8 Å². The largest absolute Gasteiger partial charge is 0.460 e. The summed E-state index contributed by atoms with van der Waals surface area (Å²) in [6.45, 7) is 3.64. The van der Waals surface area contributed by atoms with E-state index in [1.54, 1.807) is 36.6 Å².